The van der Waals surface area contributed by atoms with E-state index in [0.29, 0.717) is 6.54 Å². The molecule has 0 spiro atoms. The summed E-state index contributed by atoms with van der Waals surface area (Å²) in [5.41, 5.74) is 3.12. The van der Waals surface area contributed by atoms with Crippen molar-refractivity contribution in [1.29, 1.82) is 0 Å². The lowest BCUT2D eigenvalue weighted by molar-refractivity contribution is -0.159. The molecule has 29 heavy (non-hydrogen) atoms. The molecule has 0 bridgehead atoms. The molecule has 3 N–H and O–H groups in total. The van der Waals surface area contributed by atoms with Crippen molar-refractivity contribution in [3.63, 3.8) is 0 Å². The topological polar surface area (TPSA) is 114 Å². The van der Waals surface area contributed by atoms with Gasteiger partial charge < -0.3 is 24.8 Å². The predicted octanol–water partition coefficient (Wildman–Crippen LogP) is 3.52. The van der Waals surface area contributed by atoms with Gasteiger partial charge in [0.1, 0.15) is 5.75 Å². The first kappa shape index (κ1) is 21.8. The SMILES string of the molecule is COc1cccc(-c2cnc(NCc3ccccc3Cl)n2C)c1.O=C(O)C(=O)O. The number of carboxylic acid groups (broad SMARTS) is 2. The van der Waals surface area contributed by atoms with Crippen LogP contribution in [0.1, 0.15) is 5.56 Å². The van der Waals surface area contributed by atoms with Crippen LogP contribution in [0, 0.1) is 0 Å². The second-order valence-corrected chi connectivity index (χ2v) is 6.22. The number of anilines is 1. The standard InChI is InChI=1S/C18H18ClN3O.C2H2O4/c1-22-17(13-7-5-8-15(10-13)23-2)12-21-18(22)20-11-14-6-3-4-9-16(14)19;3-1(4)2(5)6/h3-10,12H,11H2,1-2H3,(H,20,21);(H,3,4)(H,5,6). The third-order valence-electron chi connectivity index (χ3n) is 3.93. The van der Waals surface area contributed by atoms with Crippen LogP contribution in [-0.4, -0.2) is 38.8 Å². The number of halogens is 1. The molecule has 152 valence electrons. The minimum atomic E-state index is -1.82. The molecule has 2 aromatic carbocycles. The van der Waals surface area contributed by atoms with Gasteiger partial charge >= 0.3 is 11.9 Å². The molecular weight excluding hydrogens is 398 g/mol. The van der Waals surface area contributed by atoms with Crippen LogP contribution in [0.25, 0.3) is 11.3 Å². The zero-order valence-corrected chi connectivity index (χ0v) is 16.6. The van der Waals surface area contributed by atoms with E-state index in [9.17, 15) is 0 Å². The van der Waals surface area contributed by atoms with Crippen molar-refractivity contribution >= 4 is 29.5 Å². The smallest absolute Gasteiger partial charge is 0.414 e. The number of carbonyl (C=O) groups is 2. The van der Waals surface area contributed by atoms with Gasteiger partial charge in [0.25, 0.3) is 0 Å². The Morgan fingerprint density at radius 1 is 1.14 bits per heavy atom. The van der Waals surface area contributed by atoms with Crippen LogP contribution in [0.2, 0.25) is 5.02 Å². The van der Waals surface area contributed by atoms with Crippen LogP contribution in [0.3, 0.4) is 0 Å². The normalized spacial score (nSPS) is 9.90. The summed E-state index contributed by atoms with van der Waals surface area (Å²) >= 11 is 6.18. The molecule has 0 amide bonds. The molecule has 0 saturated carbocycles. The van der Waals surface area contributed by atoms with Crippen molar-refractivity contribution in [1.82, 2.24) is 9.55 Å². The van der Waals surface area contributed by atoms with E-state index in [1.54, 1.807) is 7.11 Å². The summed E-state index contributed by atoms with van der Waals surface area (Å²) in [4.78, 5) is 22.7. The highest BCUT2D eigenvalue weighted by molar-refractivity contribution is 6.31. The Morgan fingerprint density at radius 2 is 1.83 bits per heavy atom. The van der Waals surface area contributed by atoms with E-state index in [0.717, 1.165) is 33.5 Å². The number of nitrogens with zero attached hydrogens (tertiary/aromatic N) is 2. The number of methoxy groups -OCH3 is 1. The Hall–Kier alpha value is -3.52. The summed E-state index contributed by atoms with van der Waals surface area (Å²) in [6.45, 7) is 0.627. The van der Waals surface area contributed by atoms with Crippen LogP contribution in [0.5, 0.6) is 5.75 Å². The number of carboxylic acids is 2. The van der Waals surface area contributed by atoms with E-state index in [1.165, 1.54) is 0 Å². The first-order chi connectivity index (χ1) is 13.8. The second-order valence-electron chi connectivity index (χ2n) is 5.81. The molecule has 8 nitrogen and oxygen atoms in total. The molecule has 0 unspecified atom stereocenters. The number of benzene rings is 2. The average molecular weight is 418 g/mol. The second kappa shape index (κ2) is 10.1. The molecule has 9 heteroatoms. The van der Waals surface area contributed by atoms with E-state index < -0.39 is 11.9 Å². The molecule has 1 aromatic heterocycles. The monoisotopic (exact) mass is 417 g/mol. The van der Waals surface area contributed by atoms with Gasteiger partial charge in [-0.1, -0.05) is 41.9 Å². The van der Waals surface area contributed by atoms with Crippen LogP contribution < -0.4 is 10.1 Å². The number of aromatic nitrogens is 2. The maximum atomic E-state index is 9.10. The molecule has 0 atom stereocenters. The van der Waals surface area contributed by atoms with Gasteiger partial charge in [0.15, 0.2) is 0 Å². The van der Waals surface area contributed by atoms with Gasteiger partial charge in [-0.05, 0) is 23.8 Å². The molecule has 0 aliphatic carbocycles. The van der Waals surface area contributed by atoms with Crippen molar-refractivity contribution in [2.45, 2.75) is 6.54 Å². The molecule has 0 radical (unpaired) electrons. The molecule has 0 aliphatic heterocycles. The number of imidazole rings is 1. The van der Waals surface area contributed by atoms with Gasteiger partial charge in [0, 0.05) is 24.2 Å². The third-order valence-corrected chi connectivity index (χ3v) is 4.30. The van der Waals surface area contributed by atoms with Crippen molar-refractivity contribution < 1.29 is 24.5 Å². The highest BCUT2D eigenvalue weighted by Gasteiger charge is 2.09. The van der Waals surface area contributed by atoms with Gasteiger partial charge in [-0.15, -0.1) is 0 Å². The fourth-order valence-corrected chi connectivity index (χ4v) is 2.64. The fraction of sp³-hybridized carbons (Fsp3) is 0.150. The number of ether oxygens (including phenoxy) is 1. The molecule has 0 fully saturated rings. The summed E-state index contributed by atoms with van der Waals surface area (Å²) in [5, 5.41) is 18.9. The zero-order valence-electron chi connectivity index (χ0n) is 15.8. The summed E-state index contributed by atoms with van der Waals surface area (Å²) < 4.78 is 7.30. The predicted molar refractivity (Wildman–Crippen MR) is 109 cm³/mol. The molecule has 0 saturated heterocycles. The van der Waals surface area contributed by atoms with Crippen LogP contribution in [0.4, 0.5) is 5.95 Å². The number of rotatable bonds is 5. The van der Waals surface area contributed by atoms with Crippen LogP contribution in [0.15, 0.2) is 54.7 Å². The lowest BCUT2D eigenvalue weighted by atomic mass is 10.1. The minimum Gasteiger partial charge on any atom is -0.497 e. The van der Waals surface area contributed by atoms with Gasteiger partial charge in [0.05, 0.1) is 19.0 Å². The summed E-state index contributed by atoms with van der Waals surface area (Å²) in [7, 11) is 3.65. The van der Waals surface area contributed by atoms with E-state index in [-0.39, 0.29) is 0 Å². The van der Waals surface area contributed by atoms with Crippen molar-refractivity contribution in [3.8, 4) is 17.0 Å². The maximum Gasteiger partial charge on any atom is 0.414 e. The highest BCUT2D eigenvalue weighted by atomic mass is 35.5. The summed E-state index contributed by atoms with van der Waals surface area (Å²) in [6, 6.07) is 15.7. The molecule has 0 aliphatic rings. The number of nitrogens with one attached hydrogen (secondary N) is 1. The lowest BCUT2D eigenvalue weighted by Crippen LogP contribution is -2.09. The van der Waals surface area contributed by atoms with Crippen LogP contribution >= 0.6 is 11.6 Å². The number of aliphatic carboxylic acids is 2. The quantitative estimate of drug-likeness (QED) is 0.544. The summed E-state index contributed by atoms with van der Waals surface area (Å²) in [6.07, 6.45) is 1.85. The molecule has 1 heterocycles. The van der Waals surface area contributed by atoms with Gasteiger partial charge in [-0.3, -0.25) is 0 Å². The van der Waals surface area contributed by atoms with E-state index in [4.69, 9.17) is 36.1 Å². The largest absolute Gasteiger partial charge is 0.497 e. The first-order valence-electron chi connectivity index (χ1n) is 8.43. The minimum absolute atomic E-state index is 0.627. The van der Waals surface area contributed by atoms with Crippen molar-refractivity contribution in [3.05, 3.63) is 65.3 Å². The number of hydrogen-bond acceptors (Lipinski definition) is 5. The average Bonchev–Trinajstić information content (AvgIpc) is 3.08. The Balaban J connectivity index is 0.000000438. The Morgan fingerprint density at radius 3 is 2.45 bits per heavy atom. The third kappa shape index (κ3) is 5.98. The summed E-state index contributed by atoms with van der Waals surface area (Å²) in [5.74, 6) is -2.03. The maximum absolute atomic E-state index is 9.10. The Bertz CT molecular complexity index is 991. The van der Waals surface area contributed by atoms with Crippen molar-refractivity contribution in [2.24, 2.45) is 7.05 Å². The van der Waals surface area contributed by atoms with E-state index >= 15 is 0 Å². The van der Waals surface area contributed by atoms with Gasteiger partial charge in [-0.25, -0.2) is 14.6 Å². The van der Waals surface area contributed by atoms with Crippen LogP contribution in [-0.2, 0) is 23.2 Å². The van der Waals surface area contributed by atoms with Crippen molar-refractivity contribution in [2.75, 3.05) is 12.4 Å². The van der Waals surface area contributed by atoms with Gasteiger partial charge in [0.2, 0.25) is 5.95 Å². The highest BCUT2D eigenvalue weighted by Crippen LogP contribution is 2.26. The van der Waals surface area contributed by atoms with E-state index in [2.05, 4.69) is 10.3 Å². The zero-order chi connectivity index (χ0) is 21.4. The molecule has 3 rings (SSSR count). The lowest BCUT2D eigenvalue weighted by Gasteiger charge is -2.10. The Labute approximate surface area is 172 Å². The number of hydrogen-bond donors (Lipinski definition) is 3. The fourth-order valence-electron chi connectivity index (χ4n) is 2.44. The molecular formula is C20H20ClN3O5. The first-order valence-corrected chi connectivity index (χ1v) is 8.81. The molecule has 3 aromatic rings. The van der Waals surface area contributed by atoms with E-state index in [1.807, 2.05) is 66.3 Å². The van der Waals surface area contributed by atoms with Gasteiger partial charge in [-0.2, -0.15) is 0 Å². The Kier molecular flexibility index (Phi) is 7.62.